The van der Waals surface area contributed by atoms with Crippen molar-refractivity contribution in [2.75, 3.05) is 13.1 Å². The van der Waals surface area contributed by atoms with Gasteiger partial charge in [0.15, 0.2) is 0 Å². The normalized spacial score (nSPS) is 11.6. The fourth-order valence-corrected chi connectivity index (χ4v) is 2.49. The number of carbonyl (C=O) groups is 4. The topological polar surface area (TPSA) is 133 Å². The highest BCUT2D eigenvalue weighted by molar-refractivity contribution is 6.31. The zero-order chi connectivity index (χ0) is 17.6. The number of carbonyl (C=O) groups excluding carboxylic acids is 2. The van der Waals surface area contributed by atoms with Crippen molar-refractivity contribution in [2.45, 2.75) is 40.5 Å². The second kappa shape index (κ2) is 7.77. The highest BCUT2D eigenvalue weighted by Gasteiger charge is 2.31. The molecule has 0 rings (SSSR count). The number of carboxylic acids is 2. The maximum Gasteiger partial charge on any atom is 0.394 e. The second-order valence-corrected chi connectivity index (χ2v) is 6.84. The van der Waals surface area contributed by atoms with Crippen LogP contribution in [0.2, 0.25) is 0 Å². The summed E-state index contributed by atoms with van der Waals surface area (Å²) >= 11 is 0. The van der Waals surface area contributed by atoms with Crippen molar-refractivity contribution in [1.82, 2.24) is 10.6 Å². The number of amides is 2. The molecule has 0 heterocycles. The van der Waals surface area contributed by atoms with Crippen molar-refractivity contribution < 1.29 is 29.4 Å². The summed E-state index contributed by atoms with van der Waals surface area (Å²) in [6.45, 7) is 7.16. The Hall–Kier alpha value is -2.12. The summed E-state index contributed by atoms with van der Waals surface area (Å²) in [5.41, 5.74) is -0.846. The Morgan fingerprint density at radius 1 is 0.909 bits per heavy atom. The van der Waals surface area contributed by atoms with Gasteiger partial charge in [-0.25, -0.2) is 4.79 Å². The van der Waals surface area contributed by atoms with Crippen molar-refractivity contribution >= 4 is 23.8 Å². The number of hydrogen-bond acceptors (Lipinski definition) is 4. The first kappa shape index (κ1) is 19.9. The molecule has 0 spiro atoms. The maximum absolute atomic E-state index is 11.7. The molecule has 0 unspecified atom stereocenters. The zero-order valence-corrected chi connectivity index (χ0v) is 13.4. The standard InChI is InChI=1S/C14H24N2O6/c1-13(2,5-9(17)15-6-10(18)19)7-14(3,4)8-16-11(20)12(21)22/h5-8H2,1-4H3,(H,15,17)(H,16,20)(H,18,19)(H,21,22). The van der Waals surface area contributed by atoms with Crippen LogP contribution in [0.4, 0.5) is 0 Å². The van der Waals surface area contributed by atoms with E-state index < -0.39 is 35.2 Å². The maximum atomic E-state index is 11.7. The van der Waals surface area contributed by atoms with Crippen molar-refractivity contribution in [1.29, 1.82) is 0 Å². The third-order valence-electron chi connectivity index (χ3n) is 2.95. The summed E-state index contributed by atoms with van der Waals surface area (Å²) in [5, 5.41) is 21.7. The Morgan fingerprint density at radius 3 is 1.91 bits per heavy atom. The minimum absolute atomic E-state index is 0.136. The van der Waals surface area contributed by atoms with Crippen molar-refractivity contribution in [3.63, 3.8) is 0 Å². The predicted octanol–water partition coefficient (Wildman–Crippen LogP) is 0.221. The van der Waals surface area contributed by atoms with Gasteiger partial charge >= 0.3 is 17.8 Å². The molecule has 0 aromatic carbocycles. The predicted molar refractivity (Wildman–Crippen MR) is 78.1 cm³/mol. The highest BCUT2D eigenvalue weighted by atomic mass is 16.4. The first-order valence-electron chi connectivity index (χ1n) is 6.84. The molecule has 22 heavy (non-hydrogen) atoms. The first-order valence-corrected chi connectivity index (χ1v) is 6.84. The van der Waals surface area contributed by atoms with Gasteiger partial charge < -0.3 is 20.8 Å². The number of hydrogen-bond donors (Lipinski definition) is 4. The molecule has 126 valence electrons. The monoisotopic (exact) mass is 316 g/mol. The van der Waals surface area contributed by atoms with Gasteiger partial charge in [0, 0.05) is 13.0 Å². The molecule has 0 aliphatic rings. The molecule has 0 atom stereocenters. The van der Waals surface area contributed by atoms with E-state index in [0.29, 0.717) is 6.42 Å². The third-order valence-corrected chi connectivity index (χ3v) is 2.95. The molecule has 0 aliphatic heterocycles. The molecule has 0 aromatic heterocycles. The van der Waals surface area contributed by atoms with Crippen LogP contribution >= 0.6 is 0 Å². The molecular weight excluding hydrogens is 292 g/mol. The summed E-state index contributed by atoms with van der Waals surface area (Å²) in [4.78, 5) is 43.6. The van der Waals surface area contributed by atoms with Gasteiger partial charge in [0.1, 0.15) is 6.54 Å². The van der Waals surface area contributed by atoms with E-state index >= 15 is 0 Å². The lowest BCUT2D eigenvalue weighted by atomic mass is 9.73. The lowest BCUT2D eigenvalue weighted by Crippen LogP contribution is -2.40. The molecule has 8 heteroatoms. The van der Waals surface area contributed by atoms with E-state index in [9.17, 15) is 19.2 Å². The lowest BCUT2D eigenvalue weighted by molar-refractivity contribution is -0.150. The molecule has 0 aliphatic carbocycles. The van der Waals surface area contributed by atoms with Gasteiger partial charge in [0.25, 0.3) is 0 Å². The van der Waals surface area contributed by atoms with Crippen LogP contribution < -0.4 is 10.6 Å². The zero-order valence-electron chi connectivity index (χ0n) is 13.4. The van der Waals surface area contributed by atoms with Crippen LogP contribution in [0, 0.1) is 10.8 Å². The van der Waals surface area contributed by atoms with Gasteiger partial charge in [0.2, 0.25) is 5.91 Å². The summed E-state index contributed by atoms with van der Waals surface area (Å²) < 4.78 is 0. The van der Waals surface area contributed by atoms with Crippen LogP contribution in [0.3, 0.4) is 0 Å². The van der Waals surface area contributed by atoms with Crippen molar-refractivity contribution in [3.8, 4) is 0 Å². The molecule has 0 aromatic rings. The van der Waals surface area contributed by atoms with Gasteiger partial charge in [-0.15, -0.1) is 0 Å². The molecular formula is C14H24N2O6. The Kier molecular flexibility index (Phi) is 7.02. The van der Waals surface area contributed by atoms with Crippen molar-refractivity contribution in [3.05, 3.63) is 0 Å². The average molecular weight is 316 g/mol. The van der Waals surface area contributed by atoms with Gasteiger partial charge in [-0.3, -0.25) is 14.4 Å². The van der Waals surface area contributed by atoms with Gasteiger partial charge in [0.05, 0.1) is 0 Å². The third kappa shape index (κ3) is 8.93. The van der Waals surface area contributed by atoms with E-state index in [2.05, 4.69) is 10.6 Å². The molecule has 0 saturated carbocycles. The fourth-order valence-electron chi connectivity index (χ4n) is 2.49. The van der Waals surface area contributed by atoms with E-state index in [1.807, 2.05) is 27.7 Å². The van der Waals surface area contributed by atoms with E-state index in [-0.39, 0.29) is 18.9 Å². The Morgan fingerprint density at radius 2 is 1.45 bits per heavy atom. The van der Waals surface area contributed by atoms with Gasteiger partial charge in [-0.2, -0.15) is 0 Å². The smallest absolute Gasteiger partial charge is 0.394 e. The molecule has 0 saturated heterocycles. The Labute approximate surface area is 129 Å². The highest BCUT2D eigenvalue weighted by Crippen LogP contribution is 2.35. The molecule has 2 amide bonds. The van der Waals surface area contributed by atoms with Crippen LogP contribution in [-0.4, -0.2) is 47.1 Å². The summed E-state index contributed by atoms with van der Waals surface area (Å²) in [7, 11) is 0. The first-order chi connectivity index (χ1) is 9.84. The average Bonchev–Trinajstić information content (AvgIpc) is 2.31. The number of rotatable bonds is 8. The van der Waals surface area contributed by atoms with Crippen LogP contribution in [0.25, 0.3) is 0 Å². The molecule has 4 N–H and O–H groups in total. The van der Waals surface area contributed by atoms with E-state index in [4.69, 9.17) is 10.2 Å². The van der Waals surface area contributed by atoms with E-state index in [1.165, 1.54) is 0 Å². The molecule has 0 fully saturated rings. The lowest BCUT2D eigenvalue weighted by Gasteiger charge is -2.34. The fraction of sp³-hybridized carbons (Fsp3) is 0.714. The van der Waals surface area contributed by atoms with E-state index in [0.717, 1.165) is 0 Å². The quantitative estimate of drug-likeness (QED) is 0.473. The Bertz CT molecular complexity index is 456. The SMILES string of the molecule is CC(C)(CNC(=O)C(=O)O)CC(C)(C)CC(=O)NCC(=O)O. The molecule has 0 bridgehead atoms. The minimum Gasteiger partial charge on any atom is -0.480 e. The number of carboxylic acid groups (broad SMARTS) is 2. The van der Waals surface area contributed by atoms with Crippen LogP contribution in [-0.2, 0) is 19.2 Å². The Balaban J connectivity index is 4.47. The van der Waals surface area contributed by atoms with Gasteiger partial charge in [-0.1, -0.05) is 27.7 Å². The number of aliphatic carboxylic acids is 2. The van der Waals surface area contributed by atoms with Crippen molar-refractivity contribution in [2.24, 2.45) is 10.8 Å². The van der Waals surface area contributed by atoms with E-state index in [1.54, 1.807) is 0 Å². The largest absolute Gasteiger partial charge is 0.480 e. The van der Waals surface area contributed by atoms with Crippen LogP contribution in [0.5, 0.6) is 0 Å². The van der Waals surface area contributed by atoms with Crippen LogP contribution in [0.15, 0.2) is 0 Å². The summed E-state index contributed by atoms with van der Waals surface area (Å²) in [5.74, 6) is -4.08. The summed E-state index contributed by atoms with van der Waals surface area (Å²) in [6.07, 6.45) is 0.678. The minimum atomic E-state index is -1.54. The number of nitrogens with one attached hydrogen (secondary N) is 2. The molecule has 8 nitrogen and oxygen atoms in total. The summed E-state index contributed by atoms with van der Waals surface area (Å²) in [6, 6.07) is 0. The van der Waals surface area contributed by atoms with Gasteiger partial charge in [-0.05, 0) is 17.3 Å². The van der Waals surface area contributed by atoms with Crippen LogP contribution in [0.1, 0.15) is 40.5 Å². The second-order valence-electron chi connectivity index (χ2n) is 6.84. The molecule has 0 radical (unpaired) electrons.